The molecule has 0 amide bonds. The van der Waals surface area contributed by atoms with Crippen molar-refractivity contribution >= 4 is 10.0 Å². The Hall–Kier alpha value is -0.980. The van der Waals surface area contributed by atoms with Crippen LogP contribution in [0, 0.1) is 12.7 Å². The number of nitrogens with two attached hydrogens (primary N) is 1. The summed E-state index contributed by atoms with van der Waals surface area (Å²) in [6.45, 7) is 2.33. The van der Waals surface area contributed by atoms with Crippen LogP contribution in [0.25, 0.3) is 0 Å². The lowest BCUT2D eigenvalue weighted by molar-refractivity contribution is 0.465. The molecule has 0 spiro atoms. The lowest BCUT2D eigenvalue weighted by atomic mass is 10.2. The fourth-order valence-corrected chi connectivity index (χ4v) is 3.48. The minimum atomic E-state index is -3.74. The molecule has 1 aliphatic rings. The molecule has 0 aliphatic carbocycles. The van der Waals surface area contributed by atoms with Gasteiger partial charge in [-0.3, -0.25) is 0 Å². The molecule has 1 aromatic carbocycles. The van der Waals surface area contributed by atoms with E-state index in [1.54, 1.807) is 13.0 Å². The highest BCUT2D eigenvalue weighted by atomic mass is 32.2. The maximum Gasteiger partial charge on any atom is 0.246 e. The van der Waals surface area contributed by atoms with Crippen LogP contribution in [0.1, 0.15) is 12.0 Å². The second-order valence-corrected chi connectivity index (χ2v) is 6.25. The molecule has 0 radical (unpaired) electrons. The minimum Gasteiger partial charge on any atom is -0.326 e. The van der Waals surface area contributed by atoms with Crippen molar-refractivity contribution in [2.75, 3.05) is 13.1 Å². The van der Waals surface area contributed by atoms with Crippen LogP contribution in [0.2, 0.25) is 0 Å². The summed E-state index contributed by atoms with van der Waals surface area (Å²) in [5.74, 6) is -0.703. The second kappa shape index (κ2) is 4.36. The predicted molar refractivity (Wildman–Crippen MR) is 62.5 cm³/mol. The van der Waals surface area contributed by atoms with Crippen LogP contribution >= 0.6 is 0 Å². The number of nitrogens with zero attached hydrogens (tertiary/aromatic N) is 1. The van der Waals surface area contributed by atoms with Crippen molar-refractivity contribution < 1.29 is 12.8 Å². The molecule has 1 aliphatic heterocycles. The largest absolute Gasteiger partial charge is 0.326 e. The highest BCUT2D eigenvalue weighted by Crippen LogP contribution is 2.23. The Labute approximate surface area is 100 Å². The van der Waals surface area contributed by atoms with E-state index in [0.717, 1.165) is 0 Å². The first-order valence-electron chi connectivity index (χ1n) is 5.43. The molecule has 1 saturated heterocycles. The number of aryl methyl sites for hydroxylation is 1. The van der Waals surface area contributed by atoms with Gasteiger partial charge in [-0.1, -0.05) is 6.07 Å². The number of halogens is 1. The van der Waals surface area contributed by atoms with Crippen molar-refractivity contribution in [2.24, 2.45) is 5.73 Å². The Bertz CT molecular complexity index is 530. The van der Waals surface area contributed by atoms with E-state index in [-0.39, 0.29) is 17.5 Å². The molecule has 0 bridgehead atoms. The molecule has 0 unspecified atom stereocenters. The van der Waals surface area contributed by atoms with Gasteiger partial charge >= 0.3 is 0 Å². The summed E-state index contributed by atoms with van der Waals surface area (Å²) in [7, 11) is -3.74. The van der Waals surface area contributed by atoms with E-state index in [0.29, 0.717) is 18.5 Å². The first kappa shape index (κ1) is 12.5. The highest BCUT2D eigenvalue weighted by Gasteiger charge is 2.32. The van der Waals surface area contributed by atoms with Crippen LogP contribution in [-0.4, -0.2) is 31.9 Å². The molecule has 94 valence electrons. The fourth-order valence-electron chi connectivity index (χ4n) is 1.93. The van der Waals surface area contributed by atoms with E-state index in [1.165, 1.54) is 16.4 Å². The first-order chi connectivity index (χ1) is 7.91. The summed E-state index contributed by atoms with van der Waals surface area (Å²) in [6.07, 6.45) is 0.618. The van der Waals surface area contributed by atoms with Gasteiger partial charge in [0.15, 0.2) is 0 Å². The van der Waals surface area contributed by atoms with Crippen molar-refractivity contribution in [1.29, 1.82) is 0 Å². The molecule has 6 heteroatoms. The first-order valence-corrected chi connectivity index (χ1v) is 6.87. The third kappa shape index (κ3) is 2.34. The summed E-state index contributed by atoms with van der Waals surface area (Å²) >= 11 is 0. The molecule has 2 rings (SSSR count). The van der Waals surface area contributed by atoms with Crippen LogP contribution < -0.4 is 5.73 Å². The van der Waals surface area contributed by atoms with Crippen molar-refractivity contribution in [3.63, 3.8) is 0 Å². The second-order valence-electron chi connectivity index (χ2n) is 4.35. The van der Waals surface area contributed by atoms with Gasteiger partial charge in [0, 0.05) is 19.1 Å². The fraction of sp³-hybridized carbons (Fsp3) is 0.455. The lowest BCUT2D eigenvalue weighted by Gasteiger charge is -2.16. The minimum absolute atomic E-state index is 0.154. The quantitative estimate of drug-likeness (QED) is 0.855. The zero-order valence-corrected chi connectivity index (χ0v) is 10.4. The SMILES string of the molecule is Cc1ccc(S(=O)(=O)N2CC[C@H](N)C2)c(F)c1. The number of sulfonamides is 1. The normalized spacial score (nSPS) is 21.9. The molecule has 1 heterocycles. The summed E-state index contributed by atoms with van der Waals surface area (Å²) < 4.78 is 39.2. The molecular formula is C11H15FN2O2S. The van der Waals surface area contributed by atoms with Gasteiger partial charge in [0.1, 0.15) is 10.7 Å². The van der Waals surface area contributed by atoms with Gasteiger partial charge in [0.25, 0.3) is 0 Å². The van der Waals surface area contributed by atoms with Gasteiger partial charge in [0.05, 0.1) is 0 Å². The Morgan fingerprint density at radius 3 is 2.71 bits per heavy atom. The Morgan fingerprint density at radius 1 is 1.47 bits per heavy atom. The topological polar surface area (TPSA) is 63.4 Å². The van der Waals surface area contributed by atoms with E-state index in [4.69, 9.17) is 5.73 Å². The standard InChI is InChI=1S/C11H15FN2O2S/c1-8-2-3-11(10(12)6-8)17(15,16)14-5-4-9(13)7-14/h2-3,6,9H,4-5,7,13H2,1H3/t9-/m0/s1. The zero-order valence-electron chi connectivity index (χ0n) is 9.56. The average molecular weight is 258 g/mol. The third-order valence-electron chi connectivity index (χ3n) is 2.89. The van der Waals surface area contributed by atoms with Gasteiger partial charge in [-0.25, -0.2) is 12.8 Å². The van der Waals surface area contributed by atoms with Crippen LogP contribution in [0.4, 0.5) is 4.39 Å². The summed E-state index contributed by atoms with van der Waals surface area (Å²) in [6, 6.07) is 3.97. The Morgan fingerprint density at radius 2 is 2.18 bits per heavy atom. The maximum absolute atomic E-state index is 13.7. The van der Waals surface area contributed by atoms with Crippen LogP contribution in [0.5, 0.6) is 0 Å². The molecular weight excluding hydrogens is 243 g/mol. The lowest BCUT2D eigenvalue weighted by Crippen LogP contribution is -2.32. The van der Waals surface area contributed by atoms with Gasteiger partial charge in [-0.05, 0) is 31.0 Å². The smallest absolute Gasteiger partial charge is 0.246 e. The molecule has 1 fully saturated rings. The molecule has 0 aromatic heterocycles. The van der Waals surface area contributed by atoms with E-state index in [1.807, 2.05) is 0 Å². The van der Waals surface area contributed by atoms with Crippen molar-refractivity contribution in [3.05, 3.63) is 29.6 Å². The van der Waals surface area contributed by atoms with Crippen LogP contribution in [-0.2, 0) is 10.0 Å². The van der Waals surface area contributed by atoms with E-state index in [2.05, 4.69) is 0 Å². The zero-order chi connectivity index (χ0) is 12.6. The number of rotatable bonds is 2. The molecule has 1 aromatic rings. The third-order valence-corrected chi connectivity index (χ3v) is 4.79. The molecule has 2 N–H and O–H groups in total. The number of hydrogen-bond acceptors (Lipinski definition) is 3. The van der Waals surface area contributed by atoms with Crippen LogP contribution in [0.3, 0.4) is 0 Å². The van der Waals surface area contributed by atoms with E-state index >= 15 is 0 Å². The van der Waals surface area contributed by atoms with Gasteiger partial charge < -0.3 is 5.73 Å². The van der Waals surface area contributed by atoms with E-state index in [9.17, 15) is 12.8 Å². The van der Waals surface area contributed by atoms with Gasteiger partial charge in [0.2, 0.25) is 10.0 Å². The van der Waals surface area contributed by atoms with E-state index < -0.39 is 15.8 Å². The monoisotopic (exact) mass is 258 g/mol. The summed E-state index contributed by atoms with van der Waals surface area (Å²) in [5.41, 5.74) is 6.36. The maximum atomic E-state index is 13.7. The predicted octanol–water partition coefficient (Wildman–Crippen LogP) is 0.856. The average Bonchev–Trinajstić information content (AvgIpc) is 2.64. The van der Waals surface area contributed by atoms with Crippen molar-refractivity contribution in [1.82, 2.24) is 4.31 Å². The summed E-state index contributed by atoms with van der Waals surface area (Å²) in [5, 5.41) is 0. The molecule has 1 atom stereocenters. The summed E-state index contributed by atoms with van der Waals surface area (Å²) in [4.78, 5) is -0.266. The molecule has 4 nitrogen and oxygen atoms in total. The van der Waals surface area contributed by atoms with Gasteiger partial charge in [-0.15, -0.1) is 0 Å². The number of hydrogen-bond donors (Lipinski definition) is 1. The molecule has 0 saturated carbocycles. The van der Waals surface area contributed by atoms with Crippen molar-refractivity contribution in [2.45, 2.75) is 24.3 Å². The van der Waals surface area contributed by atoms with Crippen molar-refractivity contribution in [3.8, 4) is 0 Å². The molecule has 17 heavy (non-hydrogen) atoms. The van der Waals surface area contributed by atoms with Crippen LogP contribution in [0.15, 0.2) is 23.1 Å². The van der Waals surface area contributed by atoms with Gasteiger partial charge in [-0.2, -0.15) is 4.31 Å². The Kier molecular flexibility index (Phi) is 3.20. The Balaban J connectivity index is 2.38. The highest BCUT2D eigenvalue weighted by molar-refractivity contribution is 7.89. The number of benzene rings is 1.